The molecule has 0 unspecified atom stereocenters. The van der Waals surface area contributed by atoms with E-state index in [-0.39, 0.29) is 0 Å². The van der Waals surface area contributed by atoms with Crippen LogP contribution in [0, 0.1) is 11.3 Å². The molecule has 0 radical (unpaired) electrons. The molecule has 2 nitrogen and oxygen atoms in total. The molecule has 0 spiro atoms. The summed E-state index contributed by atoms with van der Waals surface area (Å²) in [4.78, 5) is 4.41. The van der Waals surface area contributed by atoms with E-state index in [9.17, 15) is 0 Å². The van der Waals surface area contributed by atoms with Gasteiger partial charge in [-0.05, 0) is 37.0 Å². The van der Waals surface area contributed by atoms with Gasteiger partial charge in [-0.2, -0.15) is 0 Å². The third kappa shape index (κ3) is 3.69. The summed E-state index contributed by atoms with van der Waals surface area (Å²) in [5.74, 6) is 1.60. The molecular weight excluding hydrogens is 172 g/mol. The number of amidine groups is 1. The highest BCUT2D eigenvalue weighted by Crippen LogP contribution is 2.37. The van der Waals surface area contributed by atoms with Crippen molar-refractivity contribution in [3.8, 4) is 0 Å². The van der Waals surface area contributed by atoms with Gasteiger partial charge in [-0.1, -0.05) is 20.8 Å². The van der Waals surface area contributed by atoms with E-state index in [1.807, 2.05) is 0 Å². The van der Waals surface area contributed by atoms with Crippen molar-refractivity contribution < 1.29 is 0 Å². The zero-order valence-electron chi connectivity index (χ0n) is 9.84. The molecule has 0 heterocycles. The zero-order valence-corrected chi connectivity index (χ0v) is 9.84. The van der Waals surface area contributed by atoms with Crippen LogP contribution in [0.5, 0.6) is 0 Å². The lowest BCUT2D eigenvalue weighted by atomic mass is 9.73. The number of rotatable bonds is 3. The zero-order chi connectivity index (χ0) is 10.6. The SMILES string of the molecule is CCC(N)=NCC1CCC(C)(C)CC1. The molecule has 0 saturated heterocycles. The smallest absolute Gasteiger partial charge is 0.0934 e. The Kier molecular flexibility index (Phi) is 3.97. The monoisotopic (exact) mass is 196 g/mol. The molecule has 1 saturated carbocycles. The van der Waals surface area contributed by atoms with E-state index in [1.165, 1.54) is 25.7 Å². The quantitative estimate of drug-likeness (QED) is 0.547. The van der Waals surface area contributed by atoms with Crippen molar-refractivity contribution in [2.75, 3.05) is 6.54 Å². The summed E-state index contributed by atoms with van der Waals surface area (Å²) < 4.78 is 0. The Morgan fingerprint density at radius 1 is 1.36 bits per heavy atom. The first kappa shape index (κ1) is 11.5. The minimum atomic E-state index is 0.566. The summed E-state index contributed by atoms with van der Waals surface area (Å²) in [7, 11) is 0. The van der Waals surface area contributed by atoms with Gasteiger partial charge in [0.25, 0.3) is 0 Å². The van der Waals surface area contributed by atoms with Crippen LogP contribution in [0.2, 0.25) is 0 Å². The lowest BCUT2D eigenvalue weighted by Crippen LogP contribution is -2.23. The number of nitrogens with zero attached hydrogens (tertiary/aromatic N) is 1. The van der Waals surface area contributed by atoms with Gasteiger partial charge in [-0.25, -0.2) is 0 Å². The largest absolute Gasteiger partial charge is 0.387 e. The first-order valence-electron chi connectivity index (χ1n) is 5.82. The molecule has 0 amide bonds. The molecule has 1 aliphatic rings. The molecule has 1 fully saturated rings. The van der Waals surface area contributed by atoms with Crippen molar-refractivity contribution in [2.24, 2.45) is 22.1 Å². The van der Waals surface area contributed by atoms with Crippen LogP contribution in [0.1, 0.15) is 52.9 Å². The summed E-state index contributed by atoms with van der Waals surface area (Å²) >= 11 is 0. The fourth-order valence-corrected chi connectivity index (χ4v) is 2.00. The van der Waals surface area contributed by atoms with E-state index in [2.05, 4.69) is 25.8 Å². The molecule has 2 heteroatoms. The van der Waals surface area contributed by atoms with Crippen molar-refractivity contribution >= 4 is 5.84 Å². The topological polar surface area (TPSA) is 38.4 Å². The maximum atomic E-state index is 5.69. The molecule has 14 heavy (non-hydrogen) atoms. The van der Waals surface area contributed by atoms with Crippen LogP contribution < -0.4 is 5.73 Å². The number of hydrogen-bond donors (Lipinski definition) is 1. The second-order valence-corrected chi connectivity index (χ2v) is 5.29. The minimum Gasteiger partial charge on any atom is -0.387 e. The summed E-state index contributed by atoms with van der Waals surface area (Å²) in [5.41, 5.74) is 6.26. The van der Waals surface area contributed by atoms with Crippen LogP contribution in [0.15, 0.2) is 4.99 Å². The average Bonchev–Trinajstić information content (AvgIpc) is 2.16. The van der Waals surface area contributed by atoms with Crippen molar-refractivity contribution in [1.29, 1.82) is 0 Å². The van der Waals surface area contributed by atoms with Crippen molar-refractivity contribution in [3.05, 3.63) is 0 Å². The Labute approximate surface area is 88.0 Å². The van der Waals surface area contributed by atoms with Gasteiger partial charge < -0.3 is 5.73 Å². The second kappa shape index (κ2) is 4.81. The molecular formula is C12H24N2. The molecule has 0 aromatic rings. The summed E-state index contributed by atoms with van der Waals surface area (Å²) in [5, 5.41) is 0. The van der Waals surface area contributed by atoms with E-state index in [0.717, 1.165) is 24.7 Å². The normalized spacial score (nSPS) is 23.8. The molecule has 0 aromatic carbocycles. The second-order valence-electron chi connectivity index (χ2n) is 5.29. The van der Waals surface area contributed by atoms with Crippen LogP contribution in [-0.2, 0) is 0 Å². The third-order valence-corrected chi connectivity index (χ3v) is 3.37. The molecule has 1 aliphatic carbocycles. The van der Waals surface area contributed by atoms with E-state index in [1.54, 1.807) is 0 Å². The van der Waals surface area contributed by atoms with Crippen LogP contribution in [0.3, 0.4) is 0 Å². The molecule has 82 valence electrons. The summed E-state index contributed by atoms with van der Waals surface area (Å²) in [6.07, 6.45) is 6.23. The Hall–Kier alpha value is -0.530. The standard InChI is InChI=1S/C12H24N2/c1-4-11(13)14-9-10-5-7-12(2,3)8-6-10/h10H,4-9H2,1-3H3,(H2,13,14). The van der Waals surface area contributed by atoms with Crippen molar-refractivity contribution in [3.63, 3.8) is 0 Å². The molecule has 0 aliphatic heterocycles. The Morgan fingerprint density at radius 3 is 2.43 bits per heavy atom. The number of nitrogens with two attached hydrogens (primary N) is 1. The van der Waals surface area contributed by atoms with Gasteiger partial charge in [0.1, 0.15) is 0 Å². The average molecular weight is 196 g/mol. The molecule has 0 bridgehead atoms. The highest BCUT2D eigenvalue weighted by molar-refractivity contribution is 5.79. The lowest BCUT2D eigenvalue weighted by molar-refractivity contribution is 0.195. The summed E-state index contributed by atoms with van der Waals surface area (Å²) in [6.45, 7) is 7.75. The highest BCUT2D eigenvalue weighted by Gasteiger charge is 2.26. The van der Waals surface area contributed by atoms with Crippen molar-refractivity contribution in [2.45, 2.75) is 52.9 Å². The Morgan fingerprint density at radius 2 is 1.93 bits per heavy atom. The number of aliphatic imine (C=N–C) groups is 1. The maximum absolute atomic E-state index is 5.69. The first-order valence-corrected chi connectivity index (χ1v) is 5.82. The molecule has 0 atom stereocenters. The van der Waals surface area contributed by atoms with Gasteiger partial charge in [0.05, 0.1) is 5.84 Å². The van der Waals surface area contributed by atoms with E-state index in [4.69, 9.17) is 5.73 Å². The molecule has 1 rings (SSSR count). The van der Waals surface area contributed by atoms with Crippen LogP contribution in [0.4, 0.5) is 0 Å². The summed E-state index contributed by atoms with van der Waals surface area (Å²) in [6, 6.07) is 0. The highest BCUT2D eigenvalue weighted by atomic mass is 14.8. The predicted octanol–water partition coefficient (Wildman–Crippen LogP) is 2.97. The fourth-order valence-electron chi connectivity index (χ4n) is 2.00. The van der Waals surface area contributed by atoms with Crippen molar-refractivity contribution in [1.82, 2.24) is 0 Å². The maximum Gasteiger partial charge on any atom is 0.0934 e. The number of hydrogen-bond acceptors (Lipinski definition) is 1. The van der Waals surface area contributed by atoms with E-state index < -0.39 is 0 Å². The van der Waals surface area contributed by atoms with Crippen LogP contribution in [-0.4, -0.2) is 12.4 Å². The fraction of sp³-hybridized carbons (Fsp3) is 0.917. The van der Waals surface area contributed by atoms with E-state index in [0.29, 0.717) is 5.41 Å². The molecule has 2 N–H and O–H groups in total. The lowest BCUT2D eigenvalue weighted by Gasteiger charge is -2.33. The van der Waals surface area contributed by atoms with Gasteiger partial charge in [0, 0.05) is 13.0 Å². The Balaban J connectivity index is 2.29. The minimum absolute atomic E-state index is 0.566. The van der Waals surface area contributed by atoms with Crippen LogP contribution >= 0.6 is 0 Å². The van der Waals surface area contributed by atoms with E-state index >= 15 is 0 Å². The van der Waals surface area contributed by atoms with Gasteiger partial charge in [0.2, 0.25) is 0 Å². The third-order valence-electron chi connectivity index (χ3n) is 3.37. The Bertz CT molecular complexity index is 196. The predicted molar refractivity (Wildman–Crippen MR) is 62.5 cm³/mol. The van der Waals surface area contributed by atoms with Gasteiger partial charge in [-0.15, -0.1) is 0 Å². The van der Waals surface area contributed by atoms with Crippen LogP contribution in [0.25, 0.3) is 0 Å². The first-order chi connectivity index (χ1) is 6.53. The van der Waals surface area contributed by atoms with Gasteiger partial charge in [0.15, 0.2) is 0 Å². The van der Waals surface area contributed by atoms with Gasteiger partial charge >= 0.3 is 0 Å². The van der Waals surface area contributed by atoms with Gasteiger partial charge in [-0.3, -0.25) is 4.99 Å². The molecule has 0 aromatic heterocycles.